The molecule has 4 N–H and O–H groups in total. The molecule has 0 spiro atoms. The highest BCUT2D eigenvalue weighted by atomic mass is 16.4. The average Bonchev–Trinajstić information content (AvgIpc) is 2.68. The van der Waals surface area contributed by atoms with Crippen molar-refractivity contribution in [2.24, 2.45) is 5.92 Å². The van der Waals surface area contributed by atoms with Crippen molar-refractivity contribution in [3.05, 3.63) is 12.7 Å². The topological polar surface area (TPSA) is 98.7 Å². The summed E-state index contributed by atoms with van der Waals surface area (Å²) in [5, 5.41) is 24.3. The second-order valence-electron chi connectivity index (χ2n) is 4.69. The van der Waals surface area contributed by atoms with Gasteiger partial charge in [-0.25, -0.2) is 0 Å². The number of carbonyl (C=O) groups excluding carboxylic acids is 1. The van der Waals surface area contributed by atoms with E-state index in [4.69, 9.17) is 5.11 Å². The van der Waals surface area contributed by atoms with E-state index in [0.717, 1.165) is 0 Å². The number of rotatable bonds is 5. The summed E-state index contributed by atoms with van der Waals surface area (Å²) in [6, 6.07) is -1.53. The van der Waals surface area contributed by atoms with Gasteiger partial charge in [-0.1, -0.05) is 6.08 Å². The molecule has 102 valence electrons. The Labute approximate surface area is 106 Å². The van der Waals surface area contributed by atoms with Crippen molar-refractivity contribution in [2.75, 3.05) is 0 Å². The first-order valence-corrected chi connectivity index (χ1v) is 5.93. The summed E-state index contributed by atoms with van der Waals surface area (Å²) in [6.07, 6.45) is 1.30. The highest BCUT2D eigenvalue weighted by Crippen LogP contribution is 2.25. The van der Waals surface area contributed by atoms with Gasteiger partial charge in [-0.15, -0.1) is 6.58 Å². The third kappa shape index (κ3) is 3.30. The summed E-state index contributed by atoms with van der Waals surface area (Å²) in [4.78, 5) is 22.1. The number of aliphatic carboxylic acids is 1. The molecule has 1 rings (SSSR count). The zero-order chi connectivity index (χ0) is 13.9. The number of carboxylic acids is 1. The van der Waals surface area contributed by atoms with Gasteiger partial charge >= 0.3 is 5.97 Å². The Morgan fingerprint density at radius 3 is 2.56 bits per heavy atom. The van der Waals surface area contributed by atoms with Gasteiger partial charge in [0.15, 0.2) is 0 Å². The zero-order valence-electron chi connectivity index (χ0n) is 10.6. The molecule has 0 aromatic carbocycles. The van der Waals surface area contributed by atoms with Crippen LogP contribution in [-0.2, 0) is 9.59 Å². The average molecular weight is 256 g/mol. The van der Waals surface area contributed by atoms with Crippen LogP contribution >= 0.6 is 0 Å². The first-order chi connectivity index (χ1) is 8.36. The van der Waals surface area contributed by atoms with Crippen LogP contribution in [0.15, 0.2) is 12.7 Å². The van der Waals surface area contributed by atoms with Crippen LogP contribution in [0.25, 0.3) is 0 Å². The monoisotopic (exact) mass is 256 g/mol. The Morgan fingerprint density at radius 2 is 2.17 bits per heavy atom. The quantitative estimate of drug-likeness (QED) is 0.497. The van der Waals surface area contributed by atoms with E-state index in [1.165, 1.54) is 6.92 Å². The molecule has 0 bridgehead atoms. The van der Waals surface area contributed by atoms with E-state index < -0.39 is 24.2 Å². The summed E-state index contributed by atoms with van der Waals surface area (Å²) in [7, 11) is 0. The van der Waals surface area contributed by atoms with E-state index >= 15 is 0 Å². The molecular weight excluding hydrogens is 236 g/mol. The maximum absolute atomic E-state index is 11.1. The van der Waals surface area contributed by atoms with Crippen LogP contribution in [0.1, 0.15) is 20.3 Å². The van der Waals surface area contributed by atoms with E-state index in [1.807, 2.05) is 0 Å². The zero-order valence-corrected chi connectivity index (χ0v) is 10.6. The van der Waals surface area contributed by atoms with E-state index in [-0.39, 0.29) is 17.9 Å². The number of aliphatic hydroxyl groups is 1. The van der Waals surface area contributed by atoms with Gasteiger partial charge < -0.3 is 15.5 Å². The standard InChI is InChI=1S/C12H20N2O4/c1-4-8-5-9(12(17)18)14-11(8)10(6(2)15)13-7(3)16/h4,6,8-11,14-15H,1,5H2,2-3H3,(H,13,16)(H,17,18)/t6-,8+,9+,10-,11?/m0/s1. The SMILES string of the molecule is C=C[C@@H]1C[C@H](C(=O)O)NC1[C@@H](NC(C)=O)[C@H](C)O. The molecule has 5 atom stereocenters. The van der Waals surface area contributed by atoms with Gasteiger partial charge in [-0.2, -0.15) is 0 Å². The van der Waals surface area contributed by atoms with Gasteiger partial charge in [-0.05, 0) is 19.3 Å². The van der Waals surface area contributed by atoms with Crippen molar-refractivity contribution >= 4 is 11.9 Å². The highest BCUT2D eigenvalue weighted by molar-refractivity contribution is 5.75. The Kier molecular flexibility index (Phi) is 4.86. The summed E-state index contributed by atoms with van der Waals surface area (Å²) in [6.45, 7) is 6.61. The van der Waals surface area contributed by atoms with Crippen LogP contribution in [-0.4, -0.2) is 46.3 Å². The van der Waals surface area contributed by atoms with Crippen LogP contribution in [0.4, 0.5) is 0 Å². The largest absolute Gasteiger partial charge is 0.480 e. The minimum absolute atomic E-state index is 0.0995. The van der Waals surface area contributed by atoms with Crippen molar-refractivity contribution in [1.29, 1.82) is 0 Å². The highest BCUT2D eigenvalue weighted by Gasteiger charge is 2.41. The summed E-state index contributed by atoms with van der Waals surface area (Å²) >= 11 is 0. The number of carbonyl (C=O) groups is 2. The Bertz CT molecular complexity index is 343. The van der Waals surface area contributed by atoms with Crippen molar-refractivity contribution in [3.63, 3.8) is 0 Å². The molecule has 0 saturated carbocycles. The van der Waals surface area contributed by atoms with Crippen LogP contribution < -0.4 is 10.6 Å². The lowest BCUT2D eigenvalue weighted by atomic mass is 9.91. The fourth-order valence-electron chi connectivity index (χ4n) is 2.37. The number of aliphatic hydroxyl groups excluding tert-OH is 1. The molecule has 1 unspecified atom stereocenters. The first kappa shape index (κ1) is 14.7. The molecule has 0 radical (unpaired) electrons. The number of nitrogens with one attached hydrogen (secondary N) is 2. The van der Waals surface area contributed by atoms with Gasteiger partial charge in [0, 0.05) is 13.0 Å². The molecule has 0 aliphatic carbocycles. The molecule has 6 heteroatoms. The lowest BCUT2D eigenvalue weighted by Gasteiger charge is -2.30. The summed E-state index contributed by atoms with van der Waals surface area (Å²) < 4.78 is 0. The third-order valence-corrected chi connectivity index (χ3v) is 3.24. The fourth-order valence-corrected chi connectivity index (χ4v) is 2.37. The molecule has 1 heterocycles. The van der Waals surface area contributed by atoms with Crippen LogP contribution in [0.5, 0.6) is 0 Å². The van der Waals surface area contributed by atoms with Crippen LogP contribution in [0.3, 0.4) is 0 Å². The maximum Gasteiger partial charge on any atom is 0.320 e. The van der Waals surface area contributed by atoms with Crippen LogP contribution in [0.2, 0.25) is 0 Å². The van der Waals surface area contributed by atoms with Gasteiger partial charge in [0.1, 0.15) is 6.04 Å². The molecule has 1 fully saturated rings. The third-order valence-electron chi connectivity index (χ3n) is 3.24. The number of amides is 1. The molecule has 1 amide bonds. The Hall–Kier alpha value is -1.40. The lowest BCUT2D eigenvalue weighted by Crippen LogP contribution is -2.56. The van der Waals surface area contributed by atoms with E-state index in [2.05, 4.69) is 17.2 Å². The molecule has 6 nitrogen and oxygen atoms in total. The van der Waals surface area contributed by atoms with E-state index in [9.17, 15) is 14.7 Å². The number of hydrogen-bond donors (Lipinski definition) is 4. The normalized spacial score (nSPS) is 30.5. The minimum atomic E-state index is -0.934. The molecule has 0 aromatic heterocycles. The smallest absolute Gasteiger partial charge is 0.320 e. The van der Waals surface area contributed by atoms with Crippen molar-refractivity contribution in [2.45, 2.75) is 44.5 Å². The van der Waals surface area contributed by atoms with Gasteiger partial charge in [-0.3, -0.25) is 14.9 Å². The van der Waals surface area contributed by atoms with Gasteiger partial charge in [0.2, 0.25) is 5.91 Å². The van der Waals surface area contributed by atoms with Crippen molar-refractivity contribution < 1.29 is 19.8 Å². The Balaban J connectivity index is 2.85. The lowest BCUT2D eigenvalue weighted by molar-refractivity contribution is -0.139. The predicted molar refractivity (Wildman–Crippen MR) is 65.9 cm³/mol. The second-order valence-corrected chi connectivity index (χ2v) is 4.69. The first-order valence-electron chi connectivity index (χ1n) is 5.93. The fraction of sp³-hybridized carbons (Fsp3) is 0.667. The predicted octanol–water partition coefficient (Wildman–Crippen LogP) is -0.511. The molecule has 1 saturated heterocycles. The molecule has 1 aliphatic rings. The van der Waals surface area contributed by atoms with Crippen molar-refractivity contribution in [3.8, 4) is 0 Å². The van der Waals surface area contributed by atoms with Crippen LogP contribution in [0, 0.1) is 5.92 Å². The second kappa shape index (κ2) is 5.97. The molecule has 18 heavy (non-hydrogen) atoms. The molecule has 1 aliphatic heterocycles. The van der Waals surface area contributed by atoms with Gasteiger partial charge in [0.25, 0.3) is 0 Å². The Morgan fingerprint density at radius 1 is 1.56 bits per heavy atom. The number of carboxylic acid groups (broad SMARTS) is 1. The van der Waals surface area contributed by atoms with E-state index in [0.29, 0.717) is 6.42 Å². The number of hydrogen-bond acceptors (Lipinski definition) is 4. The minimum Gasteiger partial charge on any atom is -0.480 e. The van der Waals surface area contributed by atoms with Gasteiger partial charge in [0.05, 0.1) is 12.1 Å². The summed E-state index contributed by atoms with van der Waals surface area (Å²) in [5.74, 6) is -1.29. The van der Waals surface area contributed by atoms with Crippen molar-refractivity contribution in [1.82, 2.24) is 10.6 Å². The van der Waals surface area contributed by atoms with E-state index in [1.54, 1.807) is 13.0 Å². The maximum atomic E-state index is 11.1. The molecule has 0 aromatic rings. The molecular formula is C12H20N2O4. The summed E-state index contributed by atoms with van der Waals surface area (Å²) in [5.41, 5.74) is 0.